The van der Waals surface area contributed by atoms with Gasteiger partial charge >= 0.3 is 0 Å². The number of halogens is 1. The summed E-state index contributed by atoms with van der Waals surface area (Å²) < 4.78 is 18.6. The van der Waals surface area contributed by atoms with Crippen LogP contribution in [0.3, 0.4) is 0 Å². The number of aryl methyl sites for hydroxylation is 1. The van der Waals surface area contributed by atoms with Gasteiger partial charge in [-0.1, -0.05) is 11.2 Å². The quantitative estimate of drug-likeness (QED) is 0.626. The van der Waals surface area contributed by atoms with Gasteiger partial charge in [-0.15, -0.1) is 0 Å². The minimum atomic E-state index is -0.461. The molecule has 2 aromatic rings. The van der Waals surface area contributed by atoms with Crippen LogP contribution in [0, 0.1) is 18.7 Å². The lowest BCUT2D eigenvalue weighted by Gasteiger charge is -2.31. The Balaban J connectivity index is 1.36. The van der Waals surface area contributed by atoms with Crippen LogP contribution in [-0.2, 0) is 16.2 Å². The number of hydrogen-bond acceptors (Lipinski definition) is 7. The van der Waals surface area contributed by atoms with E-state index in [1.54, 1.807) is 32.0 Å². The number of hydrogen-bond donors (Lipinski definition) is 2. The van der Waals surface area contributed by atoms with Gasteiger partial charge in [0.2, 0.25) is 5.91 Å². The molecule has 0 bridgehead atoms. The first kappa shape index (κ1) is 24.6. The number of nitrogens with one attached hydrogen (secondary N) is 2. The van der Waals surface area contributed by atoms with Crippen molar-refractivity contribution in [3.8, 4) is 5.75 Å². The predicted molar refractivity (Wildman–Crippen MR) is 126 cm³/mol. The van der Waals surface area contributed by atoms with Gasteiger partial charge in [-0.2, -0.15) is 0 Å². The van der Waals surface area contributed by atoms with E-state index in [1.807, 2.05) is 0 Å². The second-order valence-electron chi connectivity index (χ2n) is 9.04. The molecule has 1 aromatic carbocycles. The van der Waals surface area contributed by atoms with E-state index < -0.39 is 5.82 Å². The molecule has 1 aromatic heterocycles. The molecule has 1 unspecified atom stereocenters. The Labute approximate surface area is 203 Å². The number of amides is 2. The minimum absolute atomic E-state index is 0.00699. The highest BCUT2D eigenvalue weighted by atomic mass is 19.1. The summed E-state index contributed by atoms with van der Waals surface area (Å²) in [7, 11) is 1.39. The second-order valence-corrected chi connectivity index (χ2v) is 9.04. The number of oxime groups is 1. The average molecular weight is 484 g/mol. The van der Waals surface area contributed by atoms with Gasteiger partial charge in [0.15, 0.2) is 11.6 Å². The largest absolute Gasteiger partial charge is 0.494 e. The fourth-order valence-electron chi connectivity index (χ4n) is 4.64. The minimum Gasteiger partial charge on any atom is -0.494 e. The first-order valence-corrected chi connectivity index (χ1v) is 11.8. The molecule has 35 heavy (non-hydrogen) atoms. The predicted octanol–water partition coefficient (Wildman–Crippen LogP) is 3.05. The van der Waals surface area contributed by atoms with Crippen molar-refractivity contribution in [2.75, 3.05) is 7.11 Å². The normalized spacial score (nSPS) is 21.6. The van der Waals surface area contributed by atoms with E-state index in [9.17, 15) is 14.0 Å². The molecule has 1 aliphatic carbocycles. The zero-order valence-corrected chi connectivity index (χ0v) is 20.1. The highest BCUT2D eigenvalue weighted by Crippen LogP contribution is 2.33. The lowest BCUT2D eigenvalue weighted by Crippen LogP contribution is -2.38. The van der Waals surface area contributed by atoms with E-state index in [0.717, 1.165) is 25.7 Å². The van der Waals surface area contributed by atoms with Gasteiger partial charge in [0.05, 0.1) is 12.8 Å². The Morgan fingerprint density at radius 1 is 1.17 bits per heavy atom. The smallest absolute Gasteiger partial charge is 0.270 e. The zero-order valence-electron chi connectivity index (χ0n) is 20.1. The van der Waals surface area contributed by atoms with Gasteiger partial charge in [0.25, 0.3) is 5.91 Å². The third kappa shape index (κ3) is 6.12. The topological polar surface area (TPSA) is 115 Å². The van der Waals surface area contributed by atoms with Gasteiger partial charge in [-0.05, 0) is 62.3 Å². The van der Waals surface area contributed by atoms with Crippen LogP contribution in [0.2, 0.25) is 0 Å². The van der Waals surface area contributed by atoms with Crippen molar-refractivity contribution in [1.82, 2.24) is 20.6 Å². The Hall–Kier alpha value is -3.56. The van der Waals surface area contributed by atoms with E-state index >= 15 is 0 Å². The van der Waals surface area contributed by atoms with Gasteiger partial charge in [0.1, 0.15) is 23.3 Å². The molecule has 2 heterocycles. The summed E-state index contributed by atoms with van der Waals surface area (Å²) in [6, 6.07) is 6.27. The summed E-state index contributed by atoms with van der Waals surface area (Å²) in [6.07, 6.45) is 4.35. The summed E-state index contributed by atoms with van der Waals surface area (Å²) in [6.45, 7) is 3.47. The number of ether oxygens (including phenoxy) is 1. The number of methoxy groups -OCH3 is 1. The Kier molecular flexibility index (Phi) is 7.57. The highest BCUT2D eigenvalue weighted by molar-refractivity contribution is 6.01. The molecular weight excluding hydrogens is 453 g/mol. The fourth-order valence-corrected chi connectivity index (χ4v) is 4.64. The molecule has 2 aliphatic rings. The maximum atomic E-state index is 13.6. The highest BCUT2D eigenvalue weighted by Gasteiger charge is 2.34. The summed E-state index contributed by atoms with van der Waals surface area (Å²) in [5.41, 5.74) is 2.19. The molecular formula is C25H30FN5O4. The van der Waals surface area contributed by atoms with E-state index in [2.05, 4.69) is 25.8 Å². The Morgan fingerprint density at radius 3 is 2.66 bits per heavy atom. The van der Waals surface area contributed by atoms with Crippen molar-refractivity contribution < 1.29 is 23.6 Å². The van der Waals surface area contributed by atoms with Gasteiger partial charge in [0, 0.05) is 25.9 Å². The molecule has 10 heteroatoms. The van der Waals surface area contributed by atoms with Crippen molar-refractivity contribution in [2.45, 2.75) is 64.6 Å². The summed E-state index contributed by atoms with van der Waals surface area (Å²) >= 11 is 0. The summed E-state index contributed by atoms with van der Waals surface area (Å²) in [4.78, 5) is 38.5. The van der Waals surface area contributed by atoms with Gasteiger partial charge in [-0.3, -0.25) is 9.59 Å². The molecule has 1 saturated carbocycles. The van der Waals surface area contributed by atoms with Gasteiger partial charge in [-0.25, -0.2) is 14.4 Å². The molecule has 0 radical (unpaired) electrons. The Bertz CT molecular complexity index is 1130. The van der Waals surface area contributed by atoms with Crippen molar-refractivity contribution in [2.24, 2.45) is 11.1 Å². The Morgan fingerprint density at radius 2 is 1.94 bits per heavy atom. The summed E-state index contributed by atoms with van der Waals surface area (Å²) in [5.74, 6) is 0.115. The fraction of sp³-hybridized carbons (Fsp3) is 0.480. The van der Waals surface area contributed by atoms with Gasteiger partial charge < -0.3 is 20.2 Å². The first-order chi connectivity index (χ1) is 16.8. The third-order valence-corrected chi connectivity index (χ3v) is 6.43. The van der Waals surface area contributed by atoms with Crippen LogP contribution in [-0.4, -0.2) is 46.7 Å². The number of carbonyl (C=O) groups is 2. The number of nitrogens with zero attached hydrogens (tertiary/aromatic N) is 3. The maximum absolute atomic E-state index is 13.6. The number of aromatic nitrogens is 2. The van der Waals surface area contributed by atoms with Crippen molar-refractivity contribution in [1.29, 1.82) is 0 Å². The van der Waals surface area contributed by atoms with Crippen LogP contribution in [0.4, 0.5) is 4.39 Å². The summed E-state index contributed by atoms with van der Waals surface area (Å²) in [5, 5.41) is 10.1. The van der Waals surface area contributed by atoms with Crippen LogP contribution in [0.15, 0.2) is 29.4 Å². The van der Waals surface area contributed by atoms with Crippen LogP contribution in [0.1, 0.15) is 66.6 Å². The molecule has 9 nitrogen and oxygen atoms in total. The van der Waals surface area contributed by atoms with Crippen molar-refractivity contribution >= 4 is 17.5 Å². The molecule has 0 spiro atoms. The zero-order chi connectivity index (χ0) is 24.9. The average Bonchev–Trinajstić information content (AvgIpc) is 3.33. The number of benzene rings is 1. The van der Waals surface area contributed by atoms with Crippen LogP contribution >= 0.6 is 0 Å². The molecule has 2 amide bonds. The maximum Gasteiger partial charge on any atom is 0.270 e. The molecule has 0 saturated heterocycles. The van der Waals surface area contributed by atoms with E-state index in [4.69, 9.17) is 9.57 Å². The van der Waals surface area contributed by atoms with E-state index in [-0.39, 0.29) is 41.9 Å². The first-order valence-electron chi connectivity index (χ1n) is 11.8. The molecule has 2 N–H and O–H groups in total. The third-order valence-electron chi connectivity index (χ3n) is 6.43. The lowest BCUT2D eigenvalue weighted by atomic mass is 9.81. The van der Waals surface area contributed by atoms with Crippen molar-refractivity contribution in [3.05, 3.63) is 52.9 Å². The van der Waals surface area contributed by atoms with Crippen molar-refractivity contribution in [3.63, 3.8) is 0 Å². The molecule has 186 valence electrons. The van der Waals surface area contributed by atoms with E-state index in [0.29, 0.717) is 35.1 Å². The van der Waals surface area contributed by atoms with Crippen LogP contribution in [0.5, 0.6) is 5.75 Å². The van der Waals surface area contributed by atoms with E-state index in [1.165, 1.54) is 13.2 Å². The number of carbonyl (C=O) groups excluding carboxylic acids is 2. The monoisotopic (exact) mass is 483 g/mol. The SMILES string of the molecule is COc1cc(CNC(=O)c2cc(C3=NOC([C@H]4CC[C@H](NC(C)=O)CC4)C3)nc(C)n2)ccc1F. The molecule has 1 fully saturated rings. The van der Waals surface area contributed by atoms with Crippen LogP contribution < -0.4 is 15.4 Å². The molecule has 1 aliphatic heterocycles. The lowest BCUT2D eigenvalue weighted by molar-refractivity contribution is -0.120. The molecule has 4 rings (SSSR count). The van der Waals surface area contributed by atoms with Crippen LogP contribution in [0.25, 0.3) is 0 Å². The standard InChI is InChI=1S/C25H30FN5O4/c1-14-28-20(21-12-23(35-31-21)17-5-7-18(8-6-17)30-15(2)32)11-22(29-14)25(33)27-13-16-4-9-19(26)24(10-16)34-3/h4,9-11,17-18,23H,5-8,12-13H2,1-3H3,(H,27,33)(H,30,32)/t17-,18-,23?. The molecule has 1 atom stereocenters. The second kappa shape index (κ2) is 10.8. The number of rotatable bonds is 7.